The van der Waals surface area contributed by atoms with E-state index in [0.29, 0.717) is 5.39 Å². The second kappa shape index (κ2) is 3.25. The lowest BCUT2D eigenvalue weighted by Crippen LogP contribution is -1.87. The maximum atomic E-state index is 11.1. The van der Waals surface area contributed by atoms with E-state index in [-0.39, 0.29) is 4.90 Å². The molecule has 0 amide bonds. The van der Waals surface area contributed by atoms with Gasteiger partial charge in [-0.2, -0.15) is 0 Å². The van der Waals surface area contributed by atoms with Gasteiger partial charge in [-0.3, -0.25) is 0 Å². The van der Waals surface area contributed by atoms with E-state index < -0.39 is 9.05 Å². The van der Waals surface area contributed by atoms with Crippen LogP contribution in [0.1, 0.15) is 0 Å². The van der Waals surface area contributed by atoms with Crippen molar-refractivity contribution in [3.63, 3.8) is 0 Å². The van der Waals surface area contributed by atoms with Gasteiger partial charge in [0.25, 0.3) is 9.05 Å². The van der Waals surface area contributed by atoms with Gasteiger partial charge in [0.05, 0.1) is 5.52 Å². The topological polar surface area (TPSA) is 49.9 Å². The first-order valence-electron chi connectivity index (χ1n) is 3.70. The van der Waals surface area contributed by atoms with Crippen LogP contribution in [0.2, 0.25) is 0 Å². The molecule has 0 aliphatic rings. The van der Waals surface area contributed by atoms with Crippen LogP contribution in [-0.2, 0) is 9.05 Å². The fourth-order valence-corrected chi connectivity index (χ4v) is 2.79. The highest BCUT2D eigenvalue weighted by Gasteiger charge is 2.16. The Morgan fingerprint density at radius 3 is 2.71 bits per heavy atom. The van der Waals surface area contributed by atoms with Gasteiger partial charge in [-0.05, 0) is 22.0 Å². The van der Waals surface area contributed by atoms with E-state index in [1.807, 2.05) is 6.07 Å². The fraction of sp³-hybridized carbons (Fsp3) is 0. The van der Waals surface area contributed by atoms with E-state index >= 15 is 0 Å². The van der Waals surface area contributed by atoms with Crippen molar-refractivity contribution in [1.29, 1.82) is 0 Å². The molecule has 0 fully saturated rings. The van der Waals surface area contributed by atoms with Gasteiger partial charge in [-0.25, -0.2) is 8.42 Å². The van der Waals surface area contributed by atoms with E-state index in [1.54, 1.807) is 12.1 Å². The smallest absolute Gasteiger partial charge is 0.263 e. The lowest BCUT2D eigenvalue weighted by Gasteiger charge is -1.94. The van der Waals surface area contributed by atoms with Crippen LogP contribution in [0.3, 0.4) is 0 Å². The molecule has 1 heterocycles. The predicted molar refractivity (Wildman–Crippen MR) is 59.0 cm³/mol. The number of benzene rings is 1. The summed E-state index contributed by atoms with van der Waals surface area (Å²) in [5.74, 6) is 0. The maximum Gasteiger partial charge on any atom is 0.263 e. The molecule has 0 aliphatic heterocycles. The zero-order chi connectivity index (χ0) is 10.3. The summed E-state index contributed by atoms with van der Waals surface area (Å²) in [5.41, 5.74) is 0.728. The average molecular weight is 295 g/mol. The van der Waals surface area contributed by atoms with E-state index in [9.17, 15) is 8.42 Å². The highest BCUT2D eigenvalue weighted by atomic mass is 79.9. The van der Waals surface area contributed by atoms with Crippen molar-refractivity contribution in [2.75, 3.05) is 0 Å². The molecule has 0 unspecified atom stereocenters. The molecule has 14 heavy (non-hydrogen) atoms. The van der Waals surface area contributed by atoms with E-state index in [0.717, 1.165) is 9.99 Å². The standard InChI is InChI=1S/C8H5BrClNO2S/c9-6-3-1-2-5-7(14(10,12)13)4-11-8(5)6/h1-4,11H. The first kappa shape index (κ1) is 10.0. The molecule has 1 N–H and O–H groups in total. The summed E-state index contributed by atoms with van der Waals surface area (Å²) in [6.07, 6.45) is 1.39. The Labute approximate surface area is 93.6 Å². The Morgan fingerprint density at radius 2 is 2.07 bits per heavy atom. The van der Waals surface area contributed by atoms with Crippen LogP contribution in [-0.4, -0.2) is 13.4 Å². The first-order valence-corrected chi connectivity index (χ1v) is 6.80. The third kappa shape index (κ3) is 1.55. The number of hydrogen-bond acceptors (Lipinski definition) is 2. The zero-order valence-corrected chi connectivity index (χ0v) is 9.95. The predicted octanol–water partition coefficient (Wildman–Crippen LogP) is 2.86. The summed E-state index contributed by atoms with van der Waals surface area (Å²) in [6.45, 7) is 0. The van der Waals surface area contributed by atoms with Gasteiger partial charge in [0.1, 0.15) is 4.90 Å². The van der Waals surface area contributed by atoms with Crippen LogP contribution in [0.4, 0.5) is 0 Å². The molecule has 2 aromatic rings. The molecule has 2 rings (SSSR count). The molecule has 6 heteroatoms. The highest BCUT2D eigenvalue weighted by molar-refractivity contribution is 9.10. The normalized spacial score (nSPS) is 12.1. The van der Waals surface area contributed by atoms with Gasteiger partial charge in [0.15, 0.2) is 0 Å². The fourth-order valence-electron chi connectivity index (χ4n) is 1.29. The lowest BCUT2D eigenvalue weighted by atomic mass is 10.2. The summed E-state index contributed by atoms with van der Waals surface area (Å²) in [7, 11) is 1.59. The van der Waals surface area contributed by atoms with Gasteiger partial charge < -0.3 is 4.98 Å². The number of halogens is 2. The minimum Gasteiger partial charge on any atom is -0.359 e. The molecule has 0 aliphatic carbocycles. The minimum atomic E-state index is -3.68. The molecule has 74 valence electrons. The number of rotatable bonds is 1. The average Bonchev–Trinajstić information content (AvgIpc) is 2.47. The van der Waals surface area contributed by atoms with Crippen LogP contribution < -0.4 is 0 Å². The van der Waals surface area contributed by atoms with Gasteiger partial charge >= 0.3 is 0 Å². The molecule has 0 bridgehead atoms. The van der Waals surface area contributed by atoms with Crippen molar-refractivity contribution in [2.24, 2.45) is 0 Å². The van der Waals surface area contributed by atoms with Crippen molar-refractivity contribution >= 4 is 46.6 Å². The number of para-hydroxylation sites is 1. The van der Waals surface area contributed by atoms with E-state index in [4.69, 9.17) is 10.7 Å². The Morgan fingerprint density at radius 1 is 1.36 bits per heavy atom. The number of nitrogens with one attached hydrogen (secondary N) is 1. The molecule has 0 saturated carbocycles. The summed E-state index contributed by atoms with van der Waals surface area (Å²) < 4.78 is 23.1. The quantitative estimate of drug-likeness (QED) is 0.822. The summed E-state index contributed by atoms with van der Waals surface area (Å²) in [6, 6.07) is 5.28. The molecule has 0 atom stereocenters. The van der Waals surface area contributed by atoms with Crippen LogP contribution in [0.25, 0.3) is 10.9 Å². The van der Waals surface area contributed by atoms with E-state index in [1.165, 1.54) is 6.20 Å². The Bertz CT molecular complexity index is 590. The molecule has 0 spiro atoms. The van der Waals surface area contributed by atoms with Crippen LogP contribution in [0.5, 0.6) is 0 Å². The van der Waals surface area contributed by atoms with Gasteiger partial charge in [-0.15, -0.1) is 0 Å². The second-order valence-corrected chi connectivity index (χ2v) is 6.14. The molecule has 0 radical (unpaired) electrons. The Hall–Kier alpha value is -0.520. The largest absolute Gasteiger partial charge is 0.359 e. The molecule has 3 nitrogen and oxygen atoms in total. The molecular formula is C8H5BrClNO2S. The lowest BCUT2D eigenvalue weighted by molar-refractivity contribution is 0.610. The number of hydrogen-bond donors (Lipinski definition) is 1. The number of fused-ring (bicyclic) bond motifs is 1. The van der Waals surface area contributed by atoms with Gasteiger partial charge in [0, 0.05) is 26.7 Å². The number of H-pyrrole nitrogens is 1. The van der Waals surface area contributed by atoms with Crippen molar-refractivity contribution in [2.45, 2.75) is 4.90 Å². The molecule has 1 aromatic carbocycles. The first-order chi connectivity index (χ1) is 6.50. The zero-order valence-electron chi connectivity index (χ0n) is 6.79. The number of aromatic nitrogens is 1. The van der Waals surface area contributed by atoms with Gasteiger partial charge in [0.2, 0.25) is 0 Å². The molecule has 0 saturated heterocycles. The van der Waals surface area contributed by atoms with Crippen molar-refractivity contribution in [3.05, 3.63) is 28.9 Å². The Kier molecular flexibility index (Phi) is 2.33. The Balaban J connectivity index is 2.90. The summed E-state index contributed by atoms with van der Waals surface area (Å²) >= 11 is 3.31. The van der Waals surface area contributed by atoms with Crippen molar-refractivity contribution < 1.29 is 8.42 Å². The van der Waals surface area contributed by atoms with Crippen molar-refractivity contribution in [3.8, 4) is 0 Å². The van der Waals surface area contributed by atoms with Crippen LogP contribution >= 0.6 is 26.6 Å². The SMILES string of the molecule is O=S(=O)(Cl)c1c[nH]c2c(Br)cccc12. The summed E-state index contributed by atoms with van der Waals surface area (Å²) in [4.78, 5) is 2.96. The van der Waals surface area contributed by atoms with Crippen LogP contribution in [0.15, 0.2) is 33.8 Å². The van der Waals surface area contributed by atoms with Crippen molar-refractivity contribution in [1.82, 2.24) is 4.98 Å². The maximum absolute atomic E-state index is 11.1. The monoisotopic (exact) mass is 293 g/mol. The minimum absolute atomic E-state index is 0.107. The van der Waals surface area contributed by atoms with Crippen LogP contribution in [0, 0.1) is 0 Å². The van der Waals surface area contributed by atoms with E-state index in [2.05, 4.69) is 20.9 Å². The third-order valence-electron chi connectivity index (χ3n) is 1.89. The number of aromatic amines is 1. The summed E-state index contributed by atoms with van der Waals surface area (Å²) in [5, 5.41) is 0.592. The highest BCUT2D eigenvalue weighted by Crippen LogP contribution is 2.29. The molecular weight excluding hydrogens is 290 g/mol. The second-order valence-electron chi connectivity index (χ2n) is 2.75. The molecule has 1 aromatic heterocycles. The van der Waals surface area contributed by atoms with Gasteiger partial charge in [-0.1, -0.05) is 12.1 Å². The third-order valence-corrected chi connectivity index (χ3v) is 3.91.